The Balaban J connectivity index is 2.01. The minimum atomic E-state index is 0.418. The molecule has 0 aliphatic carbocycles. The summed E-state index contributed by atoms with van der Waals surface area (Å²) >= 11 is 0. The molecule has 1 aliphatic rings. The van der Waals surface area contributed by atoms with E-state index in [4.69, 9.17) is 4.52 Å². The van der Waals surface area contributed by atoms with Gasteiger partial charge in [-0.25, -0.2) is 0 Å². The van der Waals surface area contributed by atoms with Crippen molar-refractivity contribution in [2.24, 2.45) is 0 Å². The van der Waals surface area contributed by atoms with E-state index in [-0.39, 0.29) is 0 Å². The second-order valence-electron chi connectivity index (χ2n) is 4.18. The number of likely N-dealkylation sites (N-methyl/N-ethyl adjacent to an activating group) is 1. The summed E-state index contributed by atoms with van der Waals surface area (Å²) in [7, 11) is 4.02. The van der Waals surface area contributed by atoms with E-state index >= 15 is 0 Å². The Morgan fingerprint density at radius 2 is 2.47 bits per heavy atom. The van der Waals surface area contributed by atoms with E-state index in [0.29, 0.717) is 12.5 Å². The molecule has 1 aliphatic heterocycles. The molecule has 1 saturated heterocycles. The van der Waals surface area contributed by atoms with E-state index in [1.54, 1.807) is 0 Å². The lowest BCUT2D eigenvalue weighted by molar-refractivity contribution is 0.219. The minimum Gasteiger partial charge on any atom is -0.339 e. The van der Waals surface area contributed by atoms with E-state index in [1.165, 1.54) is 13.0 Å². The van der Waals surface area contributed by atoms with Crippen molar-refractivity contribution in [1.82, 2.24) is 20.4 Å². The topological polar surface area (TPSA) is 54.2 Å². The van der Waals surface area contributed by atoms with Crippen molar-refractivity contribution >= 4 is 0 Å². The summed E-state index contributed by atoms with van der Waals surface area (Å²) in [6.07, 6.45) is 2.37. The molecule has 0 amide bonds. The second-order valence-corrected chi connectivity index (χ2v) is 4.18. The van der Waals surface area contributed by atoms with Crippen molar-refractivity contribution in [3.8, 4) is 0 Å². The van der Waals surface area contributed by atoms with Gasteiger partial charge in [-0.15, -0.1) is 0 Å². The molecule has 1 fully saturated rings. The van der Waals surface area contributed by atoms with Crippen LogP contribution in [0.5, 0.6) is 0 Å². The summed E-state index contributed by atoms with van der Waals surface area (Å²) in [6.45, 7) is 2.88. The highest BCUT2D eigenvalue weighted by atomic mass is 16.5. The molecule has 2 rings (SSSR count). The van der Waals surface area contributed by atoms with Crippen LogP contribution in [-0.4, -0.2) is 42.2 Å². The number of hydrogen-bond donors (Lipinski definition) is 1. The zero-order chi connectivity index (χ0) is 10.7. The molecule has 0 bridgehead atoms. The molecule has 2 heterocycles. The number of piperidine rings is 1. The largest absolute Gasteiger partial charge is 0.339 e. The van der Waals surface area contributed by atoms with Gasteiger partial charge in [-0.05, 0) is 33.5 Å². The number of likely N-dealkylation sites (tertiary alicyclic amines) is 1. The summed E-state index contributed by atoms with van der Waals surface area (Å²) in [5, 5.41) is 6.95. The monoisotopic (exact) mass is 210 g/mol. The summed E-state index contributed by atoms with van der Waals surface area (Å²) in [5.74, 6) is 1.97. The maximum atomic E-state index is 5.28. The Kier molecular flexibility index (Phi) is 3.33. The maximum Gasteiger partial charge on any atom is 0.231 e. The fraction of sp³-hybridized carbons (Fsp3) is 0.800. The van der Waals surface area contributed by atoms with Gasteiger partial charge in [-0.2, -0.15) is 4.98 Å². The summed E-state index contributed by atoms with van der Waals surface area (Å²) in [6, 6.07) is 0. The smallest absolute Gasteiger partial charge is 0.231 e. The van der Waals surface area contributed by atoms with Gasteiger partial charge < -0.3 is 14.7 Å². The van der Waals surface area contributed by atoms with Gasteiger partial charge in [0.2, 0.25) is 5.89 Å². The fourth-order valence-corrected chi connectivity index (χ4v) is 2.03. The molecular formula is C10H18N4O. The molecule has 5 heteroatoms. The molecule has 0 saturated carbocycles. The van der Waals surface area contributed by atoms with Gasteiger partial charge in [0.1, 0.15) is 0 Å². The molecule has 84 valence electrons. The van der Waals surface area contributed by atoms with Gasteiger partial charge in [0.05, 0.1) is 12.5 Å². The highest BCUT2D eigenvalue weighted by Gasteiger charge is 2.23. The highest BCUT2D eigenvalue weighted by Crippen LogP contribution is 2.24. The zero-order valence-corrected chi connectivity index (χ0v) is 9.36. The number of rotatable bonds is 3. The van der Waals surface area contributed by atoms with Crippen LogP contribution >= 0.6 is 0 Å². The van der Waals surface area contributed by atoms with E-state index < -0.39 is 0 Å². The predicted molar refractivity (Wildman–Crippen MR) is 56.5 cm³/mol. The number of nitrogens with zero attached hydrogens (tertiary/aromatic N) is 3. The van der Waals surface area contributed by atoms with Gasteiger partial charge in [0.25, 0.3) is 0 Å². The third-order valence-electron chi connectivity index (χ3n) is 2.79. The molecular weight excluding hydrogens is 192 g/mol. The summed E-state index contributed by atoms with van der Waals surface area (Å²) in [4.78, 5) is 6.71. The molecule has 15 heavy (non-hydrogen) atoms. The Morgan fingerprint density at radius 3 is 3.20 bits per heavy atom. The molecule has 1 atom stereocenters. The van der Waals surface area contributed by atoms with Crippen LogP contribution in [-0.2, 0) is 6.54 Å². The van der Waals surface area contributed by atoms with Crippen molar-refractivity contribution in [2.75, 3.05) is 27.2 Å². The van der Waals surface area contributed by atoms with Crippen molar-refractivity contribution in [3.05, 3.63) is 11.7 Å². The summed E-state index contributed by atoms with van der Waals surface area (Å²) in [5.41, 5.74) is 0. The predicted octanol–water partition coefficient (Wildman–Crippen LogP) is 0.598. The number of hydrogen-bond acceptors (Lipinski definition) is 5. The number of nitrogens with one attached hydrogen (secondary N) is 1. The van der Waals surface area contributed by atoms with Crippen LogP contribution in [0.4, 0.5) is 0 Å². The molecule has 1 aromatic rings. The van der Waals surface area contributed by atoms with E-state index in [1.807, 2.05) is 7.05 Å². The molecule has 5 nitrogen and oxygen atoms in total. The van der Waals surface area contributed by atoms with Crippen LogP contribution in [0.25, 0.3) is 0 Å². The molecule has 1 N–H and O–H groups in total. The molecule has 0 radical (unpaired) electrons. The standard InChI is InChI=1S/C10H18N4O/c1-11-6-9-12-10(15-13-9)8-4-3-5-14(2)7-8/h8,11H,3-7H2,1-2H3. The van der Waals surface area contributed by atoms with E-state index in [0.717, 1.165) is 24.7 Å². The normalized spacial score (nSPS) is 23.2. The first kappa shape index (κ1) is 10.6. The summed E-state index contributed by atoms with van der Waals surface area (Å²) < 4.78 is 5.28. The third-order valence-corrected chi connectivity index (χ3v) is 2.79. The van der Waals surface area contributed by atoms with Crippen molar-refractivity contribution in [3.63, 3.8) is 0 Å². The SMILES string of the molecule is CNCc1noc(C2CCCN(C)C2)n1. The zero-order valence-electron chi connectivity index (χ0n) is 9.36. The van der Waals surface area contributed by atoms with Crippen LogP contribution in [0, 0.1) is 0 Å². The number of aromatic nitrogens is 2. The van der Waals surface area contributed by atoms with Gasteiger partial charge in [0, 0.05) is 6.54 Å². The fourth-order valence-electron chi connectivity index (χ4n) is 2.03. The molecule has 1 aromatic heterocycles. The Hall–Kier alpha value is -0.940. The van der Waals surface area contributed by atoms with Crippen LogP contribution < -0.4 is 5.32 Å². The Morgan fingerprint density at radius 1 is 1.60 bits per heavy atom. The first-order valence-electron chi connectivity index (χ1n) is 5.45. The first-order chi connectivity index (χ1) is 7.29. The average Bonchev–Trinajstić information content (AvgIpc) is 2.67. The van der Waals surface area contributed by atoms with E-state index in [2.05, 4.69) is 27.4 Å². The van der Waals surface area contributed by atoms with Crippen LogP contribution in [0.2, 0.25) is 0 Å². The quantitative estimate of drug-likeness (QED) is 0.791. The lowest BCUT2D eigenvalue weighted by atomic mass is 9.98. The van der Waals surface area contributed by atoms with Gasteiger partial charge in [0.15, 0.2) is 5.82 Å². The molecule has 0 aromatic carbocycles. The third kappa shape index (κ3) is 2.54. The van der Waals surface area contributed by atoms with Gasteiger partial charge >= 0.3 is 0 Å². The molecule has 1 unspecified atom stereocenters. The van der Waals surface area contributed by atoms with Gasteiger partial charge in [-0.3, -0.25) is 0 Å². The Labute approximate surface area is 89.8 Å². The van der Waals surface area contributed by atoms with Crippen LogP contribution in [0.3, 0.4) is 0 Å². The van der Waals surface area contributed by atoms with Crippen molar-refractivity contribution in [2.45, 2.75) is 25.3 Å². The highest BCUT2D eigenvalue weighted by molar-refractivity contribution is 4.96. The second kappa shape index (κ2) is 4.72. The minimum absolute atomic E-state index is 0.418. The van der Waals surface area contributed by atoms with Crippen molar-refractivity contribution < 1.29 is 4.52 Å². The van der Waals surface area contributed by atoms with Crippen molar-refractivity contribution in [1.29, 1.82) is 0 Å². The Bertz CT molecular complexity index is 312. The van der Waals surface area contributed by atoms with Crippen LogP contribution in [0.15, 0.2) is 4.52 Å². The van der Waals surface area contributed by atoms with Gasteiger partial charge in [-0.1, -0.05) is 5.16 Å². The lowest BCUT2D eigenvalue weighted by Gasteiger charge is -2.27. The lowest BCUT2D eigenvalue weighted by Crippen LogP contribution is -2.30. The average molecular weight is 210 g/mol. The van der Waals surface area contributed by atoms with E-state index in [9.17, 15) is 0 Å². The first-order valence-corrected chi connectivity index (χ1v) is 5.45. The molecule has 0 spiro atoms. The maximum absolute atomic E-state index is 5.28. The van der Waals surface area contributed by atoms with Crippen LogP contribution in [0.1, 0.15) is 30.5 Å².